The maximum Gasteiger partial charge on any atom is 0.573 e. The number of aryl methyl sites for hydroxylation is 1. The first-order chi connectivity index (χ1) is 11.4. The lowest BCUT2D eigenvalue weighted by Crippen LogP contribution is -2.36. The average molecular weight is 343 g/mol. The van der Waals surface area contributed by atoms with Crippen molar-refractivity contribution in [1.82, 2.24) is 20.8 Å². The van der Waals surface area contributed by atoms with Gasteiger partial charge in [0.2, 0.25) is 5.89 Å². The van der Waals surface area contributed by atoms with Gasteiger partial charge in [-0.15, -0.1) is 13.2 Å². The minimum Gasteiger partial charge on any atom is -0.405 e. The highest BCUT2D eigenvalue weighted by Crippen LogP contribution is 2.25. The summed E-state index contributed by atoms with van der Waals surface area (Å²) in [6.45, 7) is 2.02. The summed E-state index contributed by atoms with van der Waals surface area (Å²) >= 11 is 0. The van der Waals surface area contributed by atoms with Crippen LogP contribution in [0.4, 0.5) is 13.2 Å². The molecule has 10 heteroatoms. The van der Waals surface area contributed by atoms with Gasteiger partial charge in [0.1, 0.15) is 5.75 Å². The summed E-state index contributed by atoms with van der Waals surface area (Å²) < 4.78 is 46.0. The molecule has 0 saturated carbocycles. The van der Waals surface area contributed by atoms with Crippen LogP contribution in [0.3, 0.4) is 0 Å². The Kier molecular flexibility index (Phi) is 5.61. The molecule has 0 radical (unpaired) electrons. The third kappa shape index (κ3) is 5.45. The van der Waals surface area contributed by atoms with Crippen LogP contribution in [0.15, 0.2) is 33.8 Å². The van der Waals surface area contributed by atoms with Crippen LogP contribution in [0.5, 0.6) is 5.75 Å². The third-order valence-corrected chi connectivity index (χ3v) is 2.85. The minimum absolute atomic E-state index is 0.0944. The number of benzene rings is 1. The van der Waals surface area contributed by atoms with E-state index < -0.39 is 6.36 Å². The molecule has 0 unspecified atom stereocenters. The second kappa shape index (κ2) is 7.66. The number of alkyl halides is 3. The van der Waals surface area contributed by atoms with Crippen LogP contribution in [0.2, 0.25) is 0 Å². The van der Waals surface area contributed by atoms with Crippen molar-refractivity contribution in [2.75, 3.05) is 7.05 Å². The van der Waals surface area contributed by atoms with Crippen LogP contribution >= 0.6 is 0 Å². The summed E-state index contributed by atoms with van der Waals surface area (Å²) in [4.78, 5) is 8.00. The van der Waals surface area contributed by atoms with Gasteiger partial charge in [0.05, 0.1) is 6.54 Å². The molecule has 1 heterocycles. The van der Waals surface area contributed by atoms with Crippen molar-refractivity contribution in [3.63, 3.8) is 0 Å². The van der Waals surface area contributed by atoms with Crippen molar-refractivity contribution >= 4 is 5.96 Å². The summed E-state index contributed by atoms with van der Waals surface area (Å²) in [6, 6.07) is 5.88. The molecule has 0 aliphatic rings. The fourth-order valence-electron chi connectivity index (χ4n) is 1.85. The van der Waals surface area contributed by atoms with Crippen LogP contribution in [-0.4, -0.2) is 29.5 Å². The van der Waals surface area contributed by atoms with Crippen LogP contribution in [-0.2, 0) is 13.1 Å². The zero-order valence-corrected chi connectivity index (χ0v) is 13.0. The number of halogens is 3. The van der Waals surface area contributed by atoms with Gasteiger partial charge in [0.15, 0.2) is 11.8 Å². The summed E-state index contributed by atoms with van der Waals surface area (Å²) in [5.41, 5.74) is 0.341. The van der Waals surface area contributed by atoms with E-state index in [2.05, 4.69) is 30.5 Å². The maximum atomic E-state index is 12.4. The fraction of sp³-hybridized carbons (Fsp3) is 0.357. The fourth-order valence-corrected chi connectivity index (χ4v) is 1.85. The van der Waals surface area contributed by atoms with Crippen LogP contribution in [0, 0.1) is 6.92 Å². The average Bonchev–Trinajstić information content (AvgIpc) is 2.93. The minimum atomic E-state index is -4.74. The normalized spacial score (nSPS) is 12.1. The zero-order valence-electron chi connectivity index (χ0n) is 13.0. The Hall–Kier alpha value is -2.78. The molecule has 7 nitrogen and oxygen atoms in total. The molecule has 0 saturated heterocycles. The van der Waals surface area contributed by atoms with E-state index in [1.54, 1.807) is 13.0 Å². The van der Waals surface area contributed by atoms with E-state index in [1.807, 2.05) is 0 Å². The van der Waals surface area contributed by atoms with Gasteiger partial charge in [0.25, 0.3) is 0 Å². The van der Waals surface area contributed by atoms with Gasteiger partial charge in [-0.05, 0) is 6.07 Å². The molecule has 1 aromatic heterocycles. The Balaban J connectivity index is 1.93. The molecule has 0 amide bonds. The number of guanidine groups is 1. The Morgan fingerprint density at radius 1 is 1.25 bits per heavy atom. The van der Waals surface area contributed by atoms with Crippen molar-refractivity contribution in [3.8, 4) is 5.75 Å². The quantitative estimate of drug-likeness (QED) is 0.639. The molecule has 1 aromatic carbocycles. The number of aromatic nitrogens is 2. The highest BCUT2D eigenvalue weighted by Gasteiger charge is 2.31. The van der Waals surface area contributed by atoms with Crippen molar-refractivity contribution in [1.29, 1.82) is 0 Å². The molecule has 2 N–H and O–H groups in total. The standard InChI is InChI=1S/C14H16F3N5O2/c1-9-21-12(22-24-9)8-20-13(18-2)19-7-10-5-3-4-6-11(10)23-14(15,16)17/h3-6H,7-8H2,1-2H3,(H2,18,19,20). The number of ether oxygens (including phenoxy) is 1. The van der Waals surface area contributed by atoms with Gasteiger partial charge < -0.3 is 19.9 Å². The Bertz CT molecular complexity index is 700. The van der Waals surface area contributed by atoms with E-state index in [4.69, 9.17) is 4.52 Å². The molecular weight excluding hydrogens is 327 g/mol. The summed E-state index contributed by atoms with van der Waals surface area (Å²) in [5, 5.41) is 9.54. The Morgan fingerprint density at radius 3 is 2.58 bits per heavy atom. The van der Waals surface area contributed by atoms with Gasteiger partial charge in [0, 0.05) is 26.1 Å². The molecule has 2 aromatic rings. The monoisotopic (exact) mass is 343 g/mol. The first-order valence-corrected chi connectivity index (χ1v) is 6.95. The molecule has 0 bridgehead atoms. The second-order valence-corrected chi connectivity index (χ2v) is 4.66. The highest BCUT2D eigenvalue weighted by molar-refractivity contribution is 5.79. The first kappa shape index (κ1) is 17.6. The Labute approximate surface area is 135 Å². The number of aliphatic imine (C=N–C) groups is 1. The van der Waals surface area contributed by atoms with Crippen molar-refractivity contribution in [2.45, 2.75) is 26.4 Å². The molecule has 24 heavy (non-hydrogen) atoms. The number of para-hydroxylation sites is 1. The van der Waals surface area contributed by atoms with Crippen molar-refractivity contribution < 1.29 is 22.4 Å². The van der Waals surface area contributed by atoms with Crippen LogP contribution in [0.1, 0.15) is 17.3 Å². The smallest absolute Gasteiger partial charge is 0.405 e. The van der Waals surface area contributed by atoms with Crippen LogP contribution < -0.4 is 15.4 Å². The molecule has 130 valence electrons. The number of hydrogen-bond acceptors (Lipinski definition) is 5. The van der Waals surface area contributed by atoms with Gasteiger partial charge >= 0.3 is 6.36 Å². The van der Waals surface area contributed by atoms with E-state index in [0.717, 1.165) is 0 Å². The number of hydrogen-bond donors (Lipinski definition) is 2. The SMILES string of the molecule is CN=C(NCc1noc(C)n1)NCc1ccccc1OC(F)(F)F. The van der Waals surface area contributed by atoms with Gasteiger partial charge in [-0.25, -0.2) is 0 Å². The molecule has 0 fully saturated rings. The predicted molar refractivity (Wildman–Crippen MR) is 79.2 cm³/mol. The molecule has 2 rings (SSSR count). The summed E-state index contributed by atoms with van der Waals surface area (Å²) in [7, 11) is 1.54. The topological polar surface area (TPSA) is 84.6 Å². The summed E-state index contributed by atoms with van der Waals surface area (Å²) in [5.74, 6) is 0.991. The molecular formula is C14H16F3N5O2. The first-order valence-electron chi connectivity index (χ1n) is 6.95. The lowest BCUT2D eigenvalue weighted by atomic mass is 10.2. The van der Waals surface area contributed by atoms with Crippen molar-refractivity contribution in [3.05, 3.63) is 41.5 Å². The molecule has 0 aliphatic heterocycles. The van der Waals surface area contributed by atoms with Gasteiger partial charge in [-0.2, -0.15) is 4.98 Å². The Morgan fingerprint density at radius 2 is 1.96 bits per heavy atom. The van der Waals surface area contributed by atoms with E-state index in [1.165, 1.54) is 25.2 Å². The van der Waals surface area contributed by atoms with E-state index in [-0.39, 0.29) is 18.8 Å². The number of nitrogens with zero attached hydrogens (tertiary/aromatic N) is 3. The lowest BCUT2D eigenvalue weighted by Gasteiger charge is -2.15. The van der Waals surface area contributed by atoms with Crippen molar-refractivity contribution in [2.24, 2.45) is 4.99 Å². The number of rotatable bonds is 5. The maximum absolute atomic E-state index is 12.4. The largest absolute Gasteiger partial charge is 0.573 e. The van der Waals surface area contributed by atoms with E-state index in [0.29, 0.717) is 23.2 Å². The summed E-state index contributed by atoms with van der Waals surface area (Å²) in [6.07, 6.45) is -4.74. The van der Waals surface area contributed by atoms with Gasteiger partial charge in [-0.1, -0.05) is 23.4 Å². The zero-order chi connectivity index (χ0) is 17.6. The lowest BCUT2D eigenvalue weighted by molar-refractivity contribution is -0.274. The van der Waals surface area contributed by atoms with E-state index in [9.17, 15) is 13.2 Å². The van der Waals surface area contributed by atoms with Gasteiger partial charge in [-0.3, -0.25) is 4.99 Å². The predicted octanol–water partition coefficient (Wildman–Crippen LogP) is 2.14. The van der Waals surface area contributed by atoms with Crippen LogP contribution in [0.25, 0.3) is 0 Å². The third-order valence-electron chi connectivity index (χ3n) is 2.85. The highest BCUT2D eigenvalue weighted by atomic mass is 19.4. The molecule has 0 spiro atoms. The molecule has 0 atom stereocenters. The number of nitrogens with one attached hydrogen (secondary N) is 2. The second-order valence-electron chi connectivity index (χ2n) is 4.66. The molecule has 0 aliphatic carbocycles. The van der Waals surface area contributed by atoms with E-state index >= 15 is 0 Å².